The number of carbonyl (C=O) groups is 2. The van der Waals surface area contributed by atoms with Crippen LogP contribution in [-0.4, -0.2) is 34.6 Å². The Labute approximate surface area is 191 Å². The first kappa shape index (κ1) is 24.0. The van der Waals surface area contributed by atoms with E-state index in [0.29, 0.717) is 15.8 Å². The summed E-state index contributed by atoms with van der Waals surface area (Å²) in [6, 6.07) is 10.1. The molecule has 2 aromatic rings. The zero-order chi connectivity index (χ0) is 23.0. The fourth-order valence-electron chi connectivity index (χ4n) is 2.17. The second kappa shape index (κ2) is 11.2. The highest BCUT2D eigenvalue weighted by Gasteiger charge is 2.12. The predicted octanol–water partition coefficient (Wildman–Crippen LogP) is 2.86. The van der Waals surface area contributed by atoms with Crippen molar-refractivity contribution in [3.63, 3.8) is 0 Å². The van der Waals surface area contributed by atoms with Gasteiger partial charge in [-0.15, -0.1) is 0 Å². The molecular weight excluding hydrogens is 492 g/mol. The third-order valence-electron chi connectivity index (χ3n) is 3.52. The van der Waals surface area contributed by atoms with Gasteiger partial charge in [-0.05, 0) is 72.3 Å². The van der Waals surface area contributed by atoms with Crippen LogP contribution >= 0.6 is 28.1 Å². The van der Waals surface area contributed by atoms with E-state index >= 15 is 0 Å². The minimum absolute atomic E-state index is 0.0132. The second-order valence-electron chi connectivity index (χ2n) is 6.31. The zero-order valence-corrected chi connectivity index (χ0v) is 18.9. The van der Waals surface area contributed by atoms with Crippen LogP contribution in [-0.2, 0) is 4.79 Å². The zero-order valence-electron chi connectivity index (χ0n) is 16.5. The molecule has 0 saturated heterocycles. The highest BCUT2D eigenvalue weighted by atomic mass is 79.9. The highest BCUT2D eigenvalue weighted by molar-refractivity contribution is 9.10. The Hall–Kier alpha value is -3.25. The van der Waals surface area contributed by atoms with Crippen molar-refractivity contribution in [1.82, 2.24) is 16.2 Å². The van der Waals surface area contributed by atoms with Gasteiger partial charge in [0.25, 0.3) is 17.5 Å². The smallest absolute Gasteiger partial charge is 0.276 e. The average Bonchev–Trinajstić information content (AvgIpc) is 2.72. The first-order valence-corrected chi connectivity index (χ1v) is 10.1. The minimum Gasteiger partial charge on any atom is -0.490 e. The van der Waals surface area contributed by atoms with Crippen LogP contribution in [0.4, 0.5) is 5.69 Å². The summed E-state index contributed by atoms with van der Waals surface area (Å²) >= 11 is 8.33. The van der Waals surface area contributed by atoms with Crippen LogP contribution in [0.1, 0.15) is 24.2 Å². The number of nitro benzene ring substituents is 1. The minimum atomic E-state index is -0.576. The van der Waals surface area contributed by atoms with Gasteiger partial charge in [-0.3, -0.25) is 35.9 Å². The third kappa shape index (κ3) is 7.83. The van der Waals surface area contributed by atoms with E-state index in [9.17, 15) is 19.7 Å². The number of amides is 2. The Morgan fingerprint density at radius 3 is 2.42 bits per heavy atom. The lowest BCUT2D eigenvalue weighted by Gasteiger charge is -2.13. The lowest BCUT2D eigenvalue weighted by Crippen LogP contribution is -2.49. The molecule has 0 aliphatic heterocycles. The van der Waals surface area contributed by atoms with Gasteiger partial charge < -0.3 is 9.47 Å². The number of rotatable bonds is 7. The van der Waals surface area contributed by atoms with Crippen LogP contribution in [0, 0.1) is 10.1 Å². The van der Waals surface area contributed by atoms with E-state index in [1.807, 2.05) is 13.8 Å². The van der Waals surface area contributed by atoms with Gasteiger partial charge in [0.15, 0.2) is 11.7 Å². The number of benzene rings is 2. The molecule has 0 heterocycles. The molecular formula is C19H19BrN4O6S. The monoisotopic (exact) mass is 510 g/mol. The summed E-state index contributed by atoms with van der Waals surface area (Å²) in [5.74, 6) is -0.168. The van der Waals surface area contributed by atoms with E-state index < -0.39 is 16.7 Å². The second-order valence-corrected chi connectivity index (χ2v) is 7.57. The van der Waals surface area contributed by atoms with E-state index in [1.54, 1.807) is 18.2 Å². The number of nitrogens with zero attached hydrogens (tertiary/aromatic N) is 1. The summed E-state index contributed by atoms with van der Waals surface area (Å²) in [7, 11) is 0. The topological polar surface area (TPSA) is 132 Å². The van der Waals surface area contributed by atoms with Crippen molar-refractivity contribution in [1.29, 1.82) is 0 Å². The third-order valence-corrected chi connectivity index (χ3v) is 4.34. The molecule has 2 aromatic carbocycles. The number of carbonyl (C=O) groups excluding carboxylic acids is 2. The Morgan fingerprint density at radius 2 is 1.84 bits per heavy atom. The molecule has 0 fully saturated rings. The van der Waals surface area contributed by atoms with Crippen LogP contribution in [0.25, 0.3) is 0 Å². The van der Waals surface area contributed by atoms with Gasteiger partial charge in [0.1, 0.15) is 11.5 Å². The Bertz CT molecular complexity index is 984. The maximum Gasteiger partial charge on any atom is 0.276 e. The van der Waals surface area contributed by atoms with Crippen LogP contribution in [0.3, 0.4) is 0 Å². The molecule has 0 saturated carbocycles. The van der Waals surface area contributed by atoms with Gasteiger partial charge in [-0.1, -0.05) is 0 Å². The number of nitrogens with one attached hydrogen (secondary N) is 3. The van der Waals surface area contributed by atoms with Crippen LogP contribution in [0.5, 0.6) is 11.5 Å². The summed E-state index contributed by atoms with van der Waals surface area (Å²) < 4.78 is 11.4. The van der Waals surface area contributed by atoms with E-state index in [1.165, 1.54) is 24.3 Å². The summed E-state index contributed by atoms with van der Waals surface area (Å²) in [4.78, 5) is 34.2. The predicted molar refractivity (Wildman–Crippen MR) is 120 cm³/mol. The van der Waals surface area contributed by atoms with Gasteiger partial charge in [0.05, 0.1) is 15.5 Å². The number of hydrazine groups is 1. The van der Waals surface area contributed by atoms with Crippen LogP contribution in [0.15, 0.2) is 46.9 Å². The van der Waals surface area contributed by atoms with Gasteiger partial charge >= 0.3 is 0 Å². The molecule has 2 amide bonds. The number of thiocarbonyl (C=S) groups is 1. The Morgan fingerprint density at radius 1 is 1.16 bits per heavy atom. The van der Waals surface area contributed by atoms with E-state index in [4.69, 9.17) is 21.7 Å². The molecule has 0 atom stereocenters. The van der Waals surface area contributed by atoms with Crippen LogP contribution < -0.4 is 25.6 Å². The summed E-state index contributed by atoms with van der Waals surface area (Å²) in [5, 5.41) is 12.9. The lowest BCUT2D eigenvalue weighted by molar-refractivity contribution is -0.384. The van der Waals surface area contributed by atoms with Gasteiger partial charge in [0, 0.05) is 17.7 Å². The molecule has 3 N–H and O–H groups in total. The summed E-state index contributed by atoms with van der Waals surface area (Å²) in [6.45, 7) is 3.41. The number of ether oxygens (including phenoxy) is 2. The maximum absolute atomic E-state index is 12.3. The molecule has 0 aromatic heterocycles. The van der Waals surface area contributed by atoms with Crippen molar-refractivity contribution in [3.8, 4) is 11.5 Å². The molecule has 12 heteroatoms. The number of non-ortho nitro benzene ring substituents is 1. The van der Waals surface area contributed by atoms with E-state index in [2.05, 4.69) is 32.1 Å². The average molecular weight is 511 g/mol. The van der Waals surface area contributed by atoms with Gasteiger partial charge in [-0.2, -0.15) is 0 Å². The molecule has 2 rings (SSSR count). The molecule has 0 aliphatic rings. The number of hydrogen-bond donors (Lipinski definition) is 3. The number of hydrogen-bond acceptors (Lipinski definition) is 7. The van der Waals surface area contributed by atoms with Crippen molar-refractivity contribution >= 4 is 50.8 Å². The van der Waals surface area contributed by atoms with E-state index in [0.717, 1.165) is 0 Å². The first-order valence-electron chi connectivity index (χ1n) is 8.89. The van der Waals surface area contributed by atoms with Crippen LogP contribution in [0.2, 0.25) is 0 Å². The van der Waals surface area contributed by atoms with Gasteiger partial charge in [-0.25, -0.2) is 0 Å². The number of halogens is 1. The standard InChI is InChI=1S/C19H19BrN4O6S/c1-11(2)30-16-8-3-12(9-15(16)20)18(26)21-19(31)23-22-17(25)10-29-14-6-4-13(5-7-14)24(27)28/h3-9,11H,10H2,1-2H3,(H,22,25)(H2,21,23,26,31). The summed E-state index contributed by atoms with van der Waals surface area (Å²) in [5.41, 5.74) is 4.91. The molecule has 0 radical (unpaired) electrons. The SMILES string of the molecule is CC(C)Oc1ccc(C(=O)NC(=S)NNC(=O)COc2ccc([N+](=O)[O-])cc2)cc1Br. The summed E-state index contributed by atoms with van der Waals surface area (Å²) in [6.07, 6.45) is -0.0132. The molecule has 164 valence electrons. The molecule has 0 unspecified atom stereocenters. The highest BCUT2D eigenvalue weighted by Crippen LogP contribution is 2.27. The Kier molecular flexibility index (Phi) is 8.70. The van der Waals surface area contributed by atoms with Crippen molar-refractivity contribution in [2.75, 3.05) is 6.61 Å². The quantitative estimate of drug-likeness (QED) is 0.294. The van der Waals surface area contributed by atoms with E-state index in [-0.39, 0.29) is 29.3 Å². The fourth-order valence-corrected chi connectivity index (χ4v) is 2.79. The normalized spacial score (nSPS) is 10.2. The molecule has 0 spiro atoms. The first-order chi connectivity index (χ1) is 14.7. The van der Waals surface area contributed by atoms with Crippen molar-refractivity contribution in [3.05, 3.63) is 62.6 Å². The largest absolute Gasteiger partial charge is 0.490 e. The molecule has 0 bridgehead atoms. The van der Waals surface area contributed by atoms with Crippen molar-refractivity contribution in [2.45, 2.75) is 20.0 Å². The maximum atomic E-state index is 12.3. The fraction of sp³-hybridized carbons (Fsp3) is 0.211. The van der Waals surface area contributed by atoms with Crippen molar-refractivity contribution < 1.29 is 24.0 Å². The molecule has 0 aliphatic carbocycles. The molecule has 31 heavy (non-hydrogen) atoms. The van der Waals surface area contributed by atoms with Crippen molar-refractivity contribution in [2.24, 2.45) is 0 Å². The number of nitro groups is 1. The molecule has 10 nitrogen and oxygen atoms in total. The lowest BCUT2D eigenvalue weighted by atomic mass is 10.2. The van der Waals surface area contributed by atoms with Gasteiger partial charge in [0.2, 0.25) is 0 Å². The Balaban J connectivity index is 1.77.